The second-order valence-corrected chi connectivity index (χ2v) is 6.31. The number of carbonyl (C=O) groups excluding carboxylic acids is 1. The molecule has 1 fully saturated rings. The molecule has 3 aromatic rings. The summed E-state index contributed by atoms with van der Waals surface area (Å²) in [6, 6.07) is 8.58. The Morgan fingerprint density at radius 1 is 1.20 bits per heavy atom. The molecule has 0 N–H and O–H groups in total. The summed E-state index contributed by atoms with van der Waals surface area (Å²) in [5, 5.41) is 0. The van der Waals surface area contributed by atoms with E-state index in [1.807, 2.05) is 22.9 Å². The Bertz CT molecular complexity index is 858. The van der Waals surface area contributed by atoms with Gasteiger partial charge in [-0.1, -0.05) is 0 Å². The maximum absolute atomic E-state index is 14.4. The predicted octanol–water partition coefficient (Wildman–Crippen LogP) is 3.29. The highest BCUT2D eigenvalue weighted by Crippen LogP contribution is 2.23. The van der Waals surface area contributed by atoms with Crippen molar-refractivity contribution in [1.29, 1.82) is 0 Å². The molecule has 2 aromatic heterocycles. The Hall–Kier alpha value is -2.89. The van der Waals surface area contributed by atoms with E-state index in [0.717, 1.165) is 12.8 Å². The van der Waals surface area contributed by atoms with Gasteiger partial charge in [-0.25, -0.2) is 9.37 Å². The highest BCUT2D eigenvalue weighted by Gasteiger charge is 2.25. The Morgan fingerprint density at radius 3 is 2.76 bits per heavy atom. The Labute approximate surface area is 145 Å². The molecular formula is C19H19FN4O. The van der Waals surface area contributed by atoms with Crippen molar-refractivity contribution in [2.24, 2.45) is 0 Å². The van der Waals surface area contributed by atoms with Crippen molar-refractivity contribution < 1.29 is 9.18 Å². The lowest BCUT2D eigenvalue weighted by atomic mass is 10.0. The quantitative estimate of drug-likeness (QED) is 0.735. The maximum atomic E-state index is 14.4. The second kappa shape index (κ2) is 6.55. The number of piperidine rings is 1. The largest absolute Gasteiger partial charge is 0.337 e. The van der Waals surface area contributed by atoms with Crippen LogP contribution in [0.3, 0.4) is 0 Å². The molecule has 3 heterocycles. The molecular weight excluding hydrogens is 319 g/mol. The molecule has 1 aliphatic rings. The van der Waals surface area contributed by atoms with Crippen molar-refractivity contribution in [3.05, 3.63) is 72.8 Å². The summed E-state index contributed by atoms with van der Waals surface area (Å²) in [5.41, 5.74) is 0.830. The molecule has 6 heteroatoms. The van der Waals surface area contributed by atoms with Gasteiger partial charge < -0.3 is 14.0 Å². The fourth-order valence-electron chi connectivity index (χ4n) is 3.39. The molecule has 128 valence electrons. The van der Waals surface area contributed by atoms with Gasteiger partial charge >= 0.3 is 0 Å². The van der Waals surface area contributed by atoms with Gasteiger partial charge in [0.05, 0.1) is 18.1 Å². The van der Waals surface area contributed by atoms with Crippen LogP contribution in [-0.4, -0.2) is 38.0 Å². The van der Waals surface area contributed by atoms with Crippen LogP contribution < -0.4 is 0 Å². The Balaban J connectivity index is 1.53. The fourth-order valence-corrected chi connectivity index (χ4v) is 3.39. The third-order valence-electron chi connectivity index (χ3n) is 4.71. The highest BCUT2D eigenvalue weighted by atomic mass is 19.1. The minimum Gasteiger partial charge on any atom is -0.337 e. The van der Waals surface area contributed by atoms with E-state index in [-0.39, 0.29) is 11.9 Å². The summed E-state index contributed by atoms with van der Waals surface area (Å²) in [5.74, 6) is -0.520. The van der Waals surface area contributed by atoms with Crippen LogP contribution in [0.2, 0.25) is 0 Å². The van der Waals surface area contributed by atoms with E-state index >= 15 is 0 Å². The molecule has 5 nitrogen and oxygen atoms in total. The summed E-state index contributed by atoms with van der Waals surface area (Å²) in [6.45, 7) is 1.32. The van der Waals surface area contributed by atoms with E-state index in [1.54, 1.807) is 46.5 Å². The van der Waals surface area contributed by atoms with Crippen LogP contribution in [0.25, 0.3) is 5.69 Å². The number of imidazole rings is 1. The highest BCUT2D eigenvalue weighted by molar-refractivity contribution is 5.94. The molecule has 1 atom stereocenters. The van der Waals surface area contributed by atoms with Gasteiger partial charge in [0.15, 0.2) is 0 Å². The monoisotopic (exact) mass is 338 g/mol. The van der Waals surface area contributed by atoms with Crippen LogP contribution in [-0.2, 0) is 0 Å². The average Bonchev–Trinajstić information content (AvgIpc) is 3.35. The first kappa shape index (κ1) is 15.6. The van der Waals surface area contributed by atoms with Crippen molar-refractivity contribution in [3.8, 4) is 5.69 Å². The third-order valence-corrected chi connectivity index (χ3v) is 4.71. The molecule has 0 radical (unpaired) electrons. The SMILES string of the molecule is O=C(c1ccc(-n2cccc2)c(F)c1)N1CCC[C@H](n2ccnc2)C1. The van der Waals surface area contributed by atoms with E-state index in [9.17, 15) is 9.18 Å². The number of hydrogen-bond acceptors (Lipinski definition) is 2. The van der Waals surface area contributed by atoms with Gasteiger partial charge in [-0.05, 0) is 43.2 Å². The van der Waals surface area contributed by atoms with Gasteiger partial charge in [-0.3, -0.25) is 4.79 Å². The Kier molecular flexibility index (Phi) is 4.09. The summed E-state index contributed by atoms with van der Waals surface area (Å²) in [7, 11) is 0. The zero-order valence-corrected chi connectivity index (χ0v) is 13.8. The first-order chi connectivity index (χ1) is 12.2. The molecule has 1 saturated heterocycles. The molecule has 0 spiro atoms. The van der Waals surface area contributed by atoms with Crippen molar-refractivity contribution >= 4 is 5.91 Å². The van der Waals surface area contributed by atoms with Crippen LogP contribution in [0, 0.1) is 5.82 Å². The third kappa shape index (κ3) is 3.07. The lowest BCUT2D eigenvalue weighted by molar-refractivity contribution is 0.0679. The molecule has 0 unspecified atom stereocenters. The summed E-state index contributed by atoms with van der Waals surface area (Å²) in [6.07, 6.45) is 10.9. The fraction of sp³-hybridized carbons (Fsp3) is 0.263. The van der Waals surface area contributed by atoms with Gasteiger partial charge in [0.25, 0.3) is 5.91 Å². The molecule has 0 saturated carbocycles. The first-order valence-corrected chi connectivity index (χ1v) is 8.42. The van der Waals surface area contributed by atoms with Crippen LogP contribution >= 0.6 is 0 Å². The number of aromatic nitrogens is 3. The lowest BCUT2D eigenvalue weighted by Gasteiger charge is -2.33. The first-order valence-electron chi connectivity index (χ1n) is 8.42. The molecule has 25 heavy (non-hydrogen) atoms. The lowest BCUT2D eigenvalue weighted by Crippen LogP contribution is -2.40. The number of carbonyl (C=O) groups is 1. The van der Waals surface area contributed by atoms with E-state index in [4.69, 9.17) is 0 Å². The summed E-state index contributed by atoms with van der Waals surface area (Å²) >= 11 is 0. The zero-order valence-electron chi connectivity index (χ0n) is 13.8. The number of benzene rings is 1. The minimum absolute atomic E-state index is 0.122. The van der Waals surface area contributed by atoms with Gasteiger partial charge in [-0.15, -0.1) is 0 Å². The number of likely N-dealkylation sites (tertiary alicyclic amines) is 1. The number of hydrogen-bond donors (Lipinski definition) is 0. The molecule has 1 aromatic carbocycles. The Morgan fingerprint density at radius 2 is 2.04 bits per heavy atom. The van der Waals surface area contributed by atoms with Crippen molar-refractivity contribution in [2.75, 3.05) is 13.1 Å². The van der Waals surface area contributed by atoms with Gasteiger partial charge in [0.1, 0.15) is 5.82 Å². The maximum Gasteiger partial charge on any atom is 0.254 e. The van der Waals surface area contributed by atoms with Gasteiger partial charge in [-0.2, -0.15) is 0 Å². The topological polar surface area (TPSA) is 43.1 Å². The number of halogens is 1. The molecule has 1 aliphatic heterocycles. The normalized spacial score (nSPS) is 17.6. The van der Waals surface area contributed by atoms with E-state index in [2.05, 4.69) is 4.98 Å². The minimum atomic E-state index is -0.398. The molecule has 0 bridgehead atoms. The van der Waals surface area contributed by atoms with E-state index < -0.39 is 5.82 Å². The smallest absolute Gasteiger partial charge is 0.254 e. The van der Waals surface area contributed by atoms with Crippen LogP contribution in [0.5, 0.6) is 0 Å². The molecule has 0 aliphatic carbocycles. The number of amides is 1. The number of nitrogens with zero attached hydrogens (tertiary/aromatic N) is 4. The number of rotatable bonds is 3. The van der Waals surface area contributed by atoms with E-state index in [1.165, 1.54) is 6.07 Å². The predicted molar refractivity (Wildman–Crippen MR) is 92.1 cm³/mol. The van der Waals surface area contributed by atoms with Gasteiger partial charge in [0, 0.05) is 43.4 Å². The van der Waals surface area contributed by atoms with Crippen molar-refractivity contribution in [3.63, 3.8) is 0 Å². The zero-order chi connectivity index (χ0) is 17.2. The van der Waals surface area contributed by atoms with Gasteiger partial charge in [0.2, 0.25) is 0 Å². The van der Waals surface area contributed by atoms with Crippen LogP contribution in [0.4, 0.5) is 4.39 Å². The summed E-state index contributed by atoms with van der Waals surface area (Å²) < 4.78 is 18.2. The molecule has 4 rings (SSSR count). The standard InChI is InChI=1S/C19H19FN4O/c20-17-12-15(5-6-18(17)22-8-1-2-9-22)19(25)23-10-3-4-16(13-23)24-11-7-21-14-24/h1-2,5-9,11-12,14,16H,3-4,10,13H2/t16-/m0/s1. The molecule has 1 amide bonds. The van der Waals surface area contributed by atoms with Crippen molar-refractivity contribution in [2.45, 2.75) is 18.9 Å². The van der Waals surface area contributed by atoms with Crippen molar-refractivity contribution in [1.82, 2.24) is 19.0 Å². The second-order valence-electron chi connectivity index (χ2n) is 6.31. The van der Waals surface area contributed by atoms with Crippen LogP contribution in [0.1, 0.15) is 29.2 Å². The summed E-state index contributed by atoms with van der Waals surface area (Å²) in [4.78, 5) is 18.7. The average molecular weight is 338 g/mol. The van der Waals surface area contributed by atoms with E-state index in [0.29, 0.717) is 24.3 Å². The van der Waals surface area contributed by atoms with Crippen LogP contribution in [0.15, 0.2) is 61.4 Å².